The van der Waals surface area contributed by atoms with Crippen molar-refractivity contribution in [2.45, 2.75) is 57.2 Å². The van der Waals surface area contributed by atoms with Gasteiger partial charge in [0, 0.05) is 37.1 Å². The van der Waals surface area contributed by atoms with Crippen LogP contribution in [-0.2, 0) is 17.9 Å². The molecule has 1 fully saturated rings. The highest BCUT2D eigenvalue weighted by atomic mass is 32.1. The highest BCUT2D eigenvalue weighted by molar-refractivity contribution is 7.09. The number of hydrogen-bond acceptors (Lipinski definition) is 6. The van der Waals surface area contributed by atoms with Crippen molar-refractivity contribution in [1.29, 1.82) is 0 Å². The molecule has 2 aromatic rings. The topological polar surface area (TPSA) is 75.9 Å². The molecule has 4 rings (SSSR count). The van der Waals surface area contributed by atoms with Crippen LogP contribution in [0.3, 0.4) is 0 Å². The highest BCUT2D eigenvalue weighted by Crippen LogP contribution is 2.25. The van der Waals surface area contributed by atoms with E-state index in [0.717, 1.165) is 64.1 Å². The highest BCUT2D eigenvalue weighted by Gasteiger charge is 2.30. The number of aryl methyl sites for hydroxylation is 1. The second kappa shape index (κ2) is 7.61. The lowest BCUT2D eigenvalue weighted by molar-refractivity contribution is -0.124. The molecule has 0 unspecified atom stereocenters. The molecule has 0 aliphatic carbocycles. The number of rotatable bonds is 4. The summed E-state index contributed by atoms with van der Waals surface area (Å²) in [5.41, 5.74) is 0. The number of tetrazole rings is 1. The SMILES string of the molecule is O=C(NC1CCN(Cc2cccs2)CC1)[C@@H]1CCCCn2nnnc21. The standard InChI is InChI=1S/C17H24N6OS/c24-17(15-5-1-2-8-23-16(15)19-20-21-23)18-13-6-9-22(10-7-13)12-14-4-3-11-25-14/h3-4,11,13,15H,1-2,5-10,12H2,(H,18,24)/t15-/m1/s1. The first-order valence-corrected chi connectivity index (χ1v) is 9.99. The number of carbonyl (C=O) groups excluding carboxylic acids is 1. The van der Waals surface area contributed by atoms with Crippen LogP contribution in [0.25, 0.3) is 0 Å². The van der Waals surface area contributed by atoms with Crippen LogP contribution in [0.4, 0.5) is 0 Å². The van der Waals surface area contributed by atoms with E-state index in [0.29, 0.717) is 0 Å². The van der Waals surface area contributed by atoms with Crippen molar-refractivity contribution in [3.63, 3.8) is 0 Å². The molecule has 0 spiro atoms. The van der Waals surface area contributed by atoms with Crippen molar-refractivity contribution < 1.29 is 4.79 Å². The number of fused-ring (bicyclic) bond motifs is 1. The van der Waals surface area contributed by atoms with Gasteiger partial charge in [-0.05, 0) is 47.6 Å². The first-order valence-electron chi connectivity index (χ1n) is 9.11. The largest absolute Gasteiger partial charge is 0.353 e. The van der Waals surface area contributed by atoms with E-state index >= 15 is 0 Å². The van der Waals surface area contributed by atoms with Gasteiger partial charge in [-0.2, -0.15) is 0 Å². The number of piperidine rings is 1. The van der Waals surface area contributed by atoms with Crippen molar-refractivity contribution in [2.24, 2.45) is 0 Å². The molecule has 4 heterocycles. The number of carbonyl (C=O) groups is 1. The number of thiophene rings is 1. The molecule has 2 aliphatic heterocycles. The Balaban J connectivity index is 1.30. The number of likely N-dealkylation sites (tertiary alicyclic amines) is 1. The van der Waals surface area contributed by atoms with E-state index in [4.69, 9.17) is 0 Å². The molecule has 1 N–H and O–H groups in total. The molecule has 1 amide bonds. The fraction of sp³-hybridized carbons (Fsp3) is 0.647. The summed E-state index contributed by atoms with van der Waals surface area (Å²) in [7, 11) is 0. The van der Waals surface area contributed by atoms with Gasteiger partial charge in [0.25, 0.3) is 0 Å². The Bertz CT molecular complexity index is 692. The van der Waals surface area contributed by atoms with Crippen LogP contribution in [0, 0.1) is 0 Å². The predicted octanol–water partition coefficient (Wildman–Crippen LogP) is 1.78. The second-order valence-corrected chi connectivity index (χ2v) is 7.98. The van der Waals surface area contributed by atoms with E-state index in [1.807, 2.05) is 11.3 Å². The van der Waals surface area contributed by atoms with Crippen LogP contribution in [0.5, 0.6) is 0 Å². The predicted molar refractivity (Wildman–Crippen MR) is 95.2 cm³/mol. The maximum atomic E-state index is 12.8. The molecule has 0 radical (unpaired) electrons. The Morgan fingerprint density at radius 3 is 2.92 bits per heavy atom. The molecule has 134 valence electrons. The Labute approximate surface area is 151 Å². The van der Waals surface area contributed by atoms with E-state index < -0.39 is 0 Å². The maximum Gasteiger partial charge on any atom is 0.231 e. The maximum absolute atomic E-state index is 12.8. The Kier molecular flexibility index (Phi) is 5.07. The van der Waals surface area contributed by atoms with E-state index in [2.05, 4.69) is 43.3 Å². The quantitative estimate of drug-likeness (QED) is 0.899. The van der Waals surface area contributed by atoms with Crippen molar-refractivity contribution in [3.8, 4) is 0 Å². The van der Waals surface area contributed by atoms with Gasteiger partial charge < -0.3 is 5.32 Å². The number of amides is 1. The molecule has 8 heteroatoms. The summed E-state index contributed by atoms with van der Waals surface area (Å²) in [5, 5.41) is 17.2. The summed E-state index contributed by atoms with van der Waals surface area (Å²) in [6.45, 7) is 3.90. The smallest absolute Gasteiger partial charge is 0.231 e. The Morgan fingerprint density at radius 2 is 2.12 bits per heavy atom. The van der Waals surface area contributed by atoms with Gasteiger partial charge in [0.2, 0.25) is 5.91 Å². The van der Waals surface area contributed by atoms with Gasteiger partial charge in [-0.25, -0.2) is 4.68 Å². The van der Waals surface area contributed by atoms with Gasteiger partial charge in [-0.15, -0.1) is 16.4 Å². The molecule has 0 aromatic carbocycles. The minimum Gasteiger partial charge on any atom is -0.353 e. The Hall–Kier alpha value is -1.80. The minimum absolute atomic E-state index is 0.0923. The summed E-state index contributed by atoms with van der Waals surface area (Å²) in [4.78, 5) is 16.7. The van der Waals surface area contributed by atoms with Gasteiger partial charge in [0.15, 0.2) is 5.82 Å². The van der Waals surface area contributed by atoms with Crippen LogP contribution in [0.2, 0.25) is 0 Å². The third-order valence-corrected chi connectivity index (χ3v) is 6.06. The van der Waals surface area contributed by atoms with Crippen molar-refractivity contribution >= 4 is 17.2 Å². The van der Waals surface area contributed by atoms with Crippen LogP contribution in [-0.4, -0.2) is 50.1 Å². The first kappa shape index (κ1) is 16.7. The number of hydrogen-bond donors (Lipinski definition) is 1. The summed E-state index contributed by atoms with van der Waals surface area (Å²) in [6, 6.07) is 4.56. The third-order valence-electron chi connectivity index (χ3n) is 5.19. The van der Waals surface area contributed by atoms with Crippen LogP contribution >= 0.6 is 11.3 Å². The summed E-state index contributed by atoms with van der Waals surface area (Å²) in [6.07, 6.45) is 4.91. The molecule has 2 aliphatic rings. The number of nitrogens with one attached hydrogen (secondary N) is 1. The third kappa shape index (κ3) is 3.90. The van der Waals surface area contributed by atoms with Gasteiger partial charge in [-0.3, -0.25) is 9.69 Å². The van der Waals surface area contributed by atoms with Crippen molar-refractivity contribution in [1.82, 2.24) is 30.4 Å². The summed E-state index contributed by atoms with van der Waals surface area (Å²) >= 11 is 1.81. The molecule has 25 heavy (non-hydrogen) atoms. The average Bonchev–Trinajstić information content (AvgIpc) is 3.25. The molecule has 7 nitrogen and oxygen atoms in total. The fourth-order valence-electron chi connectivity index (χ4n) is 3.77. The van der Waals surface area contributed by atoms with Crippen LogP contribution in [0.1, 0.15) is 48.7 Å². The van der Waals surface area contributed by atoms with Crippen LogP contribution in [0.15, 0.2) is 17.5 Å². The zero-order valence-electron chi connectivity index (χ0n) is 14.3. The van der Waals surface area contributed by atoms with E-state index in [9.17, 15) is 4.79 Å². The first-order chi connectivity index (χ1) is 12.3. The second-order valence-electron chi connectivity index (χ2n) is 6.95. The number of aromatic nitrogens is 4. The molecule has 1 atom stereocenters. The Morgan fingerprint density at radius 1 is 1.24 bits per heavy atom. The normalized spacial score (nSPS) is 22.3. The molecule has 0 saturated carbocycles. The van der Waals surface area contributed by atoms with Gasteiger partial charge in [0.1, 0.15) is 0 Å². The van der Waals surface area contributed by atoms with Gasteiger partial charge >= 0.3 is 0 Å². The van der Waals surface area contributed by atoms with Crippen molar-refractivity contribution in [2.75, 3.05) is 13.1 Å². The molecular weight excluding hydrogens is 336 g/mol. The lowest BCUT2D eigenvalue weighted by atomic mass is 9.99. The van der Waals surface area contributed by atoms with E-state index in [-0.39, 0.29) is 17.9 Å². The molecular formula is C17H24N6OS. The van der Waals surface area contributed by atoms with Gasteiger partial charge in [0.05, 0.1) is 5.92 Å². The summed E-state index contributed by atoms with van der Waals surface area (Å²) in [5.74, 6) is 0.612. The van der Waals surface area contributed by atoms with E-state index in [1.54, 1.807) is 4.68 Å². The fourth-order valence-corrected chi connectivity index (χ4v) is 4.51. The zero-order chi connectivity index (χ0) is 17.1. The molecule has 1 saturated heterocycles. The monoisotopic (exact) mass is 360 g/mol. The lowest BCUT2D eigenvalue weighted by Gasteiger charge is -2.32. The van der Waals surface area contributed by atoms with Crippen molar-refractivity contribution in [3.05, 3.63) is 28.2 Å². The number of nitrogens with zero attached hydrogens (tertiary/aromatic N) is 5. The minimum atomic E-state index is -0.207. The lowest BCUT2D eigenvalue weighted by Crippen LogP contribution is -2.45. The summed E-state index contributed by atoms with van der Waals surface area (Å²) < 4.78 is 1.79. The molecule has 2 aromatic heterocycles. The average molecular weight is 360 g/mol. The molecule has 0 bridgehead atoms. The van der Waals surface area contributed by atoms with Gasteiger partial charge in [-0.1, -0.05) is 12.5 Å². The zero-order valence-corrected chi connectivity index (χ0v) is 15.1. The van der Waals surface area contributed by atoms with E-state index in [1.165, 1.54) is 4.88 Å². The van der Waals surface area contributed by atoms with Crippen LogP contribution < -0.4 is 5.32 Å².